The van der Waals surface area contributed by atoms with E-state index >= 15 is 0 Å². The van der Waals surface area contributed by atoms with Crippen LogP contribution in [0.25, 0.3) is 11.0 Å². The molecule has 1 aliphatic heterocycles. The third-order valence-corrected chi connectivity index (χ3v) is 4.66. The van der Waals surface area contributed by atoms with Gasteiger partial charge in [-0.15, -0.1) is 5.10 Å². The summed E-state index contributed by atoms with van der Waals surface area (Å²) in [5, 5.41) is 8.28. The molecule has 0 radical (unpaired) electrons. The first kappa shape index (κ1) is 14.8. The maximum atomic E-state index is 13.0. The molecule has 6 nitrogen and oxygen atoms in total. The first-order valence-electron chi connectivity index (χ1n) is 8.32. The van der Waals surface area contributed by atoms with Gasteiger partial charge in [-0.3, -0.25) is 9.78 Å². The van der Waals surface area contributed by atoms with E-state index in [1.165, 1.54) is 0 Å². The van der Waals surface area contributed by atoms with Gasteiger partial charge in [0.1, 0.15) is 5.52 Å². The number of nitrogens with zero attached hydrogens (tertiary/aromatic N) is 5. The highest BCUT2D eigenvalue weighted by molar-refractivity contribution is 5.97. The quantitative estimate of drug-likeness (QED) is 0.744. The Kier molecular flexibility index (Phi) is 3.72. The van der Waals surface area contributed by atoms with Crippen LogP contribution in [0.15, 0.2) is 42.7 Å². The summed E-state index contributed by atoms with van der Waals surface area (Å²) in [5.74, 6) is 0.0576. The molecule has 122 valence electrons. The molecular weight excluding hydrogens is 302 g/mol. The molecule has 24 heavy (non-hydrogen) atoms. The van der Waals surface area contributed by atoms with Crippen LogP contribution in [0.1, 0.15) is 41.7 Å². The van der Waals surface area contributed by atoms with Gasteiger partial charge in [0.2, 0.25) is 0 Å². The van der Waals surface area contributed by atoms with Crippen LogP contribution in [0.4, 0.5) is 0 Å². The zero-order valence-electron chi connectivity index (χ0n) is 13.6. The number of rotatable bonds is 3. The SMILES string of the molecule is CCn1nnc2cc(C(=O)N3CCCC3c3ccncc3)ccc21. The number of carbonyl (C=O) groups excluding carboxylic acids is 1. The Morgan fingerprint density at radius 3 is 2.88 bits per heavy atom. The van der Waals surface area contributed by atoms with Crippen molar-refractivity contribution in [2.24, 2.45) is 0 Å². The van der Waals surface area contributed by atoms with Gasteiger partial charge in [0, 0.05) is 31.0 Å². The molecule has 1 aliphatic rings. The number of carbonyl (C=O) groups is 1. The molecule has 0 aliphatic carbocycles. The lowest BCUT2D eigenvalue weighted by molar-refractivity contribution is 0.0735. The molecule has 0 spiro atoms. The zero-order chi connectivity index (χ0) is 16.5. The van der Waals surface area contributed by atoms with E-state index in [0.717, 1.165) is 42.5 Å². The van der Waals surface area contributed by atoms with Crippen molar-refractivity contribution < 1.29 is 4.79 Å². The van der Waals surface area contributed by atoms with Crippen LogP contribution in [0.3, 0.4) is 0 Å². The number of likely N-dealkylation sites (tertiary alicyclic amines) is 1. The Balaban J connectivity index is 1.65. The minimum Gasteiger partial charge on any atom is -0.332 e. The van der Waals surface area contributed by atoms with E-state index in [-0.39, 0.29) is 11.9 Å². The molecule has 2 aromatic heterocycles. The Labute approximate surface area is 140 Å². The van der Waals surface area contributed by atoms with Gasteiger partial charge >= 0.3 is 0 Å². The summed E-state index contributed by atoms with van der Waals surface area (Å²) in [6.07, 6.45) is 5.58. The standard InChI is InChI=1S/C18H19N5O/c1-2-23-17-6-5-14(12-15(17)20-21-23)18(24)22-11-3-4-16(22)13-7-9-19-10-8-13/h5-10,12,16H,2-4,11H2,1H3. The van der Waals surface area contributed by atoms with Crippen molar-refractivity contribution in [1.29, 1.82) is 0 Å². The summed E-state index contributed by atoms with van der Waals surface area (Å²) < 4.78 is 1.83. The lowest BCUT2D eigenvalue weighted by Crippen LogP contribution is -2.30. The highest BCUT2D eigenvalue weighted by Crippen LogP contribution is 2.33. The summed E-state index contributed by atoms with van der Waals surface area (Å²) in [6, 6.07) is 9.77. The lowest BCUT2D eigenvalue weighted by Gasteiger charge is -2.25. The van der Waals surface area contributed by atoms with Crippen molar-refractivity contribution in [1.82, 2.24) is 24.9 Å². The molecular formula is C18H19N5O. The van der Waals surface area contributed by atoms with Crippen LogP contribution in [-0.4, -0.2) is 37.3 Å². The van der Waals surface area contributed by atoms with Crippen LogP contribution in [-0.2, 0) is 6.54 Å². The predicted molar refractivity (Wildman–Crippen MR) is 90.5 cm³/mol. The number of fused-ring (bicyclic) bond motifs is 1. The molecule has 1 aromatic carbocycles. The second-order valence-corrected chi connectivity index (χ2v) is 6.05. The van der Waals surface area contributed by atoms with Gasteiger partial charge in [0.25, 0.3) is 5.91 Å². The molecule has 0 bridgehead atoms. The average molecular weight is 321 g/mol. The number of aromatic nitrogens is 4. The largest absolute Gasteiger partial charge is 0.332 e. The monoisotopic (exact) mass is 321 g/mol. The van der Waals surface area contributed by atoms with Crippen LogP contribution < -0.4 is 0 Å². The first-order valence-corrected chi connectivity index (χ1v) is 8.32. The summed E-state index contributed by atoms with van der Waals surface area (Å²) in [4.78, 5) is 19.0. The molecule has 1 amide bonds. The highest BCUT2D eigenvalue weighted by atomic mass is 16.2. The number of hydrogen-bond acceptors (Lipinski definition) is 4. The van der Waals surface area contributed by atoms with Gasteiger partial charge in [0.15, 0.2) is 0 Å². The van der Waals surface area contributed by atoms with Gasteiger partial charge in [0.05, 0.1) is 11.6 Å². The predicted octanol–water partition coefficient (Wildman–Crippen LogP) is 2.82. The minimum absolute atomic E-state index is 0.0576. The first-order chi connectivity index (χ1) is 11.8. The number of pyridine rings is 1. The van der Waals surface area contributed by atoms with E-state index in [2.05, 4.69) is 15.3 Å². The summed E-state index contributed by atoms with van der Waals surface area (Å²) in [5.41, 5.74) is 3.55. The highest BCUT2D eigenvalue weighted by Gasteiger charge is 2.30. The summed E-state index contributed by atoms with van der Waals surface area (Å²) >= 11 is 0. The van der Waals surface area contributed by atoms with E-state index in [0.29, 0.717) is 5.56 Å². The third-order valence-electron chi connectivity index (χ3n) is 4.66. The van der Waals surface area contributed by atoms with Crippen LogP contribution >= 0.6 is 0 Å². The van der Waals surface area contributed by atoms with Crippen molar-refractivity contribution in [2.75, 3.05) is 6.54 Å². The topological polar surface area (TPSA) is 63.9 Å². The second kappa shape index (κ2) is 6.03. The Morgan fingerprint density at radius 2 is 2.08 bits per heavy atom. The lowest BCUT2D eigenvalue weighted by atomic mass is 10.1. The van der Waals surface area contributed by atoms with Crippen molar-refractivity contribution in [3.05, 3.63) is 53.9 Å². The summed E-state index contributed by atoms with van der Waals surface area (Å²) in [6.45, 7) is 3.57. The van der Waals surface area contributed by atoms with Crippen molar-refractivity contribution in [2.45, 2.75) is 32.4 Å². The molecule has 3 heterocycles. The molecule has 0 saturated carbocycles. The maximum absolute atomic E-state index is 13.0. The van der Waals surface area contributed by atoms with Gasteiger partial charge < -0.3 is 4.90 Å². The second-order valence-electron chi connectivity index (χ2n) is 6.05. The fraction of sp³-hybridized carbons (Fsp3) is 0.333. The molecule has 1 saturated heterocycles. The van der Waals surface area contributed by atoms with Crippen LogP contribution in [0.2, 0.25) is 0 Å². The maximum Gasteiger partial charge on any atom is 0.254 e. The molecule has 4 rings (SSSR count). The third kappa shape index (κ3) is 2.44. The Hall–Kier alpha value is -2.76. The fourth-order valence-corrected chi connectivity index (χ4v) is 3.45. The number of amides is 1. The molecule has 3 aromatic rings. The number of benzene rings is 1. The van der Waals surface area contributed by atoms with Crippen LogP contribution in [0.5, 0.6) is 0 Å². The van der Waals surface area contributed by atoms with Crippen molar-refractivity contribution in [3.63, 3.8) is 0 Å². The van der Waals surface area contributed by atoms with E-state index in [4.69, 9.17) is 0 Å². The van der Waals surface area contributed by atoms with E-state index in [9.17, 15) is 4.79 Å². The normalized spacial score (nSPS) is 17.5. The van der Waals surface area contributed by atoms with E-state index < -0.39 is 0 Å². The minimum atomic E-state index is 0.0576. The molecule has 6 heteroatoms. The number of aryl methyl sites for hydroxylation is 1. The summed E-state index contributed by atoms with van der Waals surface area (Å²) in [7, 11) is 0. The zero-order valence-corrected chi connectivity index (χ0v) is 13.6. The van der Waals surface area contributed by atoms with Gasteiger partial charge in [-0.2, -0.15) is 0 Å². The molecule has 1 unspecified atom stereocenters. The van der Waals surface area contributed by atoms with Crippen LogP contribution in [0, 0.1) is 0 Å². The van der Waals surface area contributed by atoms with Crippen molar-refractivity contribution >= 4 is 16.9 Å². The Bertz CT molecular complexity index is 874. The molecule has 1 fully saturated rings. The smallest absolute Gasteiger partial charge is 0.254 e. The number of hydrogen-bond donors (Lipinski definition) is 0. The van der Waals surface area contributed by atoms with Gasteiger partial charge in [-0.25, -0.2) is 4.68 Å². The van der Waals surface area contributed by atoms with Crippen molar-refractivity contribution in [3.8, 4) is 0 Å². The van der Waals surface area contributed by atoms with E-state index in [1.54, 1.807) is 12.4 Å². The fourth-order valence-electron chi connectivity index (χ4n) is 3.45. The average Bonchev–Trinajstić information content (AvgIpc) is 3.28. The molecule has 1 atom stereocenters. The van der Waals surface area contributed by atoms with Gasteiger partial charge in [-0.05, 0) is 55.7 Å². The van der Waals surface area contributed by atoms with E-state index in [1.807, 2.05) is 46.8 Å². The Morgan fingerprint density at radius 1 is 1.25 bits per heavy atom. The van der Waals surface area contributed by atoms with Gasteiger partial charge in [-0.1, -0.05) is 5.21 Å². The molecule has 0 N–H and O–H groups in total.